The number of carbonyl (C=O) groups is 1. The van der Waals surface area contributed by atoms with Crippen molar-refractivity contribution in [2.24, 2.45) is 0 Å². The quantitative estimate of drug-likeness (QED) is 0.812. The number of nitrogens with zero attached hydrogens (tertiary/aromatic N) is 3. The Bertz CT molecular complexity index is 555. The van der Waals surface area contributed by atoms with Gasteiger partial charge in [-0.05, 0) is 6.42 Å². The number of aromatic carboxylic acids is 1. The lowest BCUT2D eigenvalue weighted by Crippen LogP contribution is -2.33. The molecule has 0 radical (unpaired) electrons. The standard InChI is InChI=1S/C10H13N3O4S/c1-13(7-2-3-18(16,17)6-7)9-5-11-8(4-12-9)10(14)15/h4-5,7H,2-3,6H2,1H3,(H,14,15). The number of anilines is 1. The topological polar surface area (TPSA) is 100 Å². The first kappa shape index (κ1) is 12.7. The van der Waals surface area contributed by atoms with Gasteiger partial charge >= 0.3 is 5.97 Å². The molecule has 1 atom stereocenters. The summed E-state index contributed by atoms with van der Waals surface area (Å²) in [7, 11) is -1.22. The zero-order valence-corrected chi connectivity index (χ0v) is 10.6. The minimum absolute atomic E-state index is 0.103. The van der Waals surface area contributed by atoms with Crippen molar-refractivity contribution in [3.05, 3.63) is 18.1 Å². The second kappa shape index (κ2) is 4.52. The van der Waals surface area contributed by atoms with Crippen LogP contribution < -0.4 is 4.90 Å². The summed E-state index contributed by atoms with van der Waals surface area (Å²) in [5, 5.41) is 8.70. The average Bonchev–Trinajstić information content (AvgIpc) is 2.69. The zero-order chi connectivity index (χ0) is 13.3. The van der Waals surface area contributed by atoms with E-state index in [1.807, 2.05) is 0 Å². The van der Waals surface area contributed by atoms with E-state index < -0.39 is 15.8 Å². The highest BCUT2D eigenvalue weighted by molar-refractivity contribution is 7.91. The molecule has 0 saturated carbocycles. The summed E-state index contributed by atoms with van der Waals surface area (Å²) in [4.78, 5) is 20.1. The molecule has 98 valence electrons. The lowest BCUT2D eigenvalue weighted by Gasteiger charge is -2.23. The largest absolute Gasteiger partial charge is 0.476 e. The fraction of sp³-hybridized carbons (Fsp3) is 0.500. The van der Waals surface area contributed by atoms with Gasteiger partial charge in [-0.3, -0.25) is 0 Å². The van der Waals surface area contributed by atoms with Crippen molar-refractivity contribution < 1.29 is 18.3 Å². The summed E-state index contributed by atoms with van der Waals surface area (Å²) in [5.74, 6) is -0.378. The lowest BCUT2D eigenvalue weighted by atomic mass is 10.2. The summed E-state index contributed by atoms with van der Waals surface area (Å²) in [5.41, 5.74) is -0.133. The molecule has 0 bridgehead atoms. The maximum atomic E-state index is 11.4. The van der Waals surface area contributed by atoms with E-state index in [9.17, 15) is 13.2 Å². The van der Waals surface area contributed by atoms with Crippen LogP contribution in [0.4, 0.5) is 5.82 Å². The van der Waals surface area contributed by atoms with Gasteiger partial charge in [0.15, 0.2) is 15.5 Å². The SMILES string of the molecule is CN(c1cnc(C(=O)O)cn1)C1CCS(=O)(=O)C1. The molecule has 18 heavy (non-hydrogen) atoms. The van der Waals surface area contributed by atoms with E-state index in [-0.39, 0.29) is 23.2 Å². The number of carboxylic acid groups (broad SMARTS) is 1. The van der Waals surface area contributed by atoms with Gasteiger partial charge in [0.05, 0.1) is 23.9 Å². The third-order valence-electron chi connectivity index (χ3n) is 2.97. The monoisotopic (exact) mass is 271 g/mol. The van der Waals surface area contributed by atoms with Crippen LogP contribution in [-0.2, 0) is 9.84 Å². The molecule has 1 saturated heterocycles. The zero-order valence-electron chi connectivity index (χ0n) is 9.78. The summed E-state index contributed by atoms with van der Waals surface area (Å²) in [6, 6.07) is -0.125. The van der Waals surface area contributed by atoms with Gasteiger partial charge in [-0.25, -0.2) is 23.2 Å². The van der Waals surface area contributed by atoms with Crippen molar-refractivity contribution in [1.82, 2.24) is 9.97 Å². The molecule has 1 aromatic heterocycles. The van der Waals surface area contributed by atoms with E-state index in [1.54, 1.807) is 11.9 Å². The molecule has 1 aliphatic heterocycles. The van der Waals surface area contributed by atoms with Crippen molar-refractivity contribution in [3.8, 4) is 0 Å². The highest BCUT2D eigenvalue weighted by Crippen LogP contribution is 2.20. The van der Waals surface area contributed by atoms with E-state index in [0.29, 0.717) is 12.2 Å². The third-order valence-corrected chi connectivity index (χ3v) is 4.73. The Morgan fingerprint density at radius 1 is 1.44 bits per heavy atom. The molecular formula is C10H13N3O4S. The van der Waals surface area contributed by atoms with Crippen LogP contribution in [0.5, 0.6) is 0 Å². The number of aromatic nitrogens is 2. The first-order valence-corrected chi connectivity index (χ1v) is 7.20. The van der Waals surface area contributed by atoms with Crippen LogP contribution in [0.3, 0.4) is 0 Å². The second-order valence-electron chi connectivity index (χ2n) is 4.23. The molecule has 1 fully saturated rings. The number of carboxylic acids is 1. The molecule has 2 heterocycles. The molecule has 1 aromatic rings. The van der Waals surface area contributed by atoms with Crippen LogP contribution in [0.25, 0.3) is 0 Å². The first-order valence-electron chi connectivity index (χ1n) is 5.37. The summed E-state index contributed by atoms with van der Waals surface area (Å²) >= 11 is 0. The fourth-order valence-electron chi connectivity index (χ4n) is 1.88. The number of rotatable bonds is 3. The predicted molar refractivity (Wildman–Crippen MR) is 64.5 cm³/mol. The highest BCUT2D eigenvalue weighted by Gasteiger charge is 2.31. The number of hydrogen-bond donors (Lipinski definition) is 1. The lowest BCUT2D eigenvalue weighted by molar-refractivity contribution is 0.0690. The van der Waals surface area contributed by atoms with Crippen LogP contribution in [0.2, 0.25) is 0 Å². The summed E-state index contributed by atoms with van der Waals surface area (Å²) < 4.78 is 22.8. The molecular weight excluding hydrogens is 258 g/mol. The minimum atomic E-state index is -2.95. The Kier molecular flexibility index (Phi) is 3.20. The minimum Gasteiger partial charge on any atom is -0.476 e. The molecule has 1 aliphatic rings. The summed E-state index contributed by atoms with van der Waals surface area (Å²) in [6.07, 6.45) is 3.06. The van der Waals surface area contributed by atoms with Crippen LogP contribution in [0.1, 0.15) is 16.9 Å². The van der Waals surface area contributed by atoms with Gasteiger partial charge in [0, 0.05) is 13.1 Å². The van der Waals surface area contributed by atoms with Crippen LogP contribution in [0, 0.1) is 0 Å². The van der Waals surface area contributed by atoms with Gasteiger partial charge < -0.3 is 10.0 Å². The van der Waals surface area contributed by atoms with Crippen LogP contribution in [-0.4, -0.2) is 54.1 Å². The molecule has 1 N–H and O–H groups in total. The maximum absolute atomic E-state index is 11.4. The van der Waals surface area contributed by atoms with Crippen molar-refractivity contribution in [3.63, 3.8) is 0 Å². The highest BCUT2D eigenvalue weighted by atomic mass is 32.2. The second-order valence-corrected chi connectivity index (χ2v) is 6.46. The molecule has 0 aromatic carbocycles. The van der Waals surface area contributed by atoms with Gasteiger partial charge in [-0.1, -0.05) is 0 Å². The molecule has 0 amide bonds. The first-order chi connectivity index (χ1) is 8.39. The number of sulfone groups is 1. The molecule has 2 rings (SSSR count). The van der Waals surface area contributed by atoms with E-state index in [2.05, 4.69) is 9.97 Å². The van der Waals surface area contributed by atoms with Gasteiger partial charge in [0.1, 0.15) is 5.82 Å². The predicted octanol–water partition coefficient (Wildman–Crippen LogP) is -0.202. The van der Waals surface area contributed by atoms with E-state index >= 15 is 0 Å². The smallest absolute Gasteiger partial charge is 0.356 e. The van der Waals surface area contributed by atoms with Gasteiger partial charge in [0.2, 0.25) is 0 Å². The Morgan fingerprint density at radius 3 is 2.61 bits per heavy atom. The van der Waals surface area contributed by atoms with E-state index in [1.165, 1.54) is 6.20 Å². The molecule has 7 nitrogen and oxygen atoms in total. The van der Waals surface area contributed by atoms with Crippen molar-refractivity contribution in [2.75, 3.05) is 23.5 Å². The van der Waals surface area contributed by atoms with Crippen molar-refractivity contribution in [2.45, 2.75) is 12.5 Å². The van der Waals surface area contributed by atoms with Crippen LogP contribution >= 0.6 is 0 Å². The van der Waals surface area contributed by atoms with Gasteiger partial charge in [0.25, 0.3) is 0 Å². The average molecular weight is 271 g/mol. The van der Waals surface area contributed by atoms with E-state index in [0.717, 1.165) is 6.20 Å². The molecule has 1 unspecified atom stereocenters. The molecule has 8 heteroatoms. The Morgan fingerprint density at radius 2 is 2.17 bits per heavy atom. The molecule has 0 aliphatic carbocycles. The maximum Gasteiger partial charge on any atom is 0.356 e. The van der Waals surface area contributed by atoms with E-state index in [4.69, 9.17) is 5.11 Å². The summed E-state index contributed by atoms with van der Waals surface area (Å²) in [6.45, 7) is 0. The van der Waals surface area contributed by atoms with Gasteiger partial charge in [-0.2, -0.15) is 0 Å². The van der Waals surface area contributed by atoms with Crippen LogP contribution in [0.15, 0.2) is 12.4 Å². The Balaban J connectivity index is 2.14. The third kappa shape index (κ3) is 2.58. The normalized spacial score (nSPS) is 21.7. The molecule has 0 spiro atoms. The van der Waals surface area contributed by atoms with Gasteiger partial charge in [-0.15, -0.1) is 0 Å². The Labute approximate surface area is 104 Å². The fourth-order valence-corrected chi connectivity index (χ4v) is 3.66. The van der Waals surface area contributed by atoms with Crippen molar-refractivity contribution >= 4 is 21.6 Å². The van der Waals surface area contributed by atoms with Crippen molar-refractivity contribution in [1.29, 1.82) is 0 Å². The Hall–Kier alpha value is -1.70. The number of hydrogen-bond acceptors (Lipinski definition) is 6.